The second kappa shape index (κ2) is 10.1. The first kappa shape index (κ1) is 24.3. The molecule has 2 fully saturated rings. The molecule has 0 amide bonds. The highest BCUT2D eigenvalue weighted by molar-refractivity contribution is 5.82. The summed E-state index contributed by atoms with van der Waals surface area (Å²) in [6.07, 6.45) is 10.2. The van der Waals surface area contributed by atoms with Crippen molar-refractivity contribution in [2.75, 3.05) is 0 Å². The lowest BCUT2D eigenvalue weighted by atomic mass is 9.58. The molecule has 0 bridgehead atoms. The van der Waals surface area contributed by atoms with Gasteiger partial charge in [-0.2, -0.15) is 0 Å². The minimum absolute atomic E-state index is 0.205. The third-order valence-electron chi connectivity index (χ3n) is 9.50. The van der Waals surface area contributed by atoms with Crippen LogP contribution in [0.15, 0.2) is 18.2 Å². The Hall–Kier alpha value is -1.31. The molecule has 174 valence electrons. The average Bonchev–Trinajstić information content (AvgIpc) is 3.07. The highest BCUT2D eigenvalue weighted by Crippen LogP contribution is 2.60. The van der Waals surface area contributed by atoms with Crippen molar-refractivity contribution in [1.82, 2.24) is 0 Å². The summed E-state index contributed by atoms with van der Waals surface area (Å²) >= 11 is 0. The maximum atomic E-state index is 13.0. The average molecular weight is 427 g/mol. The van der Waals surface area contributed by atoms with Crippen LogP contribution in [0.1, 0.15) is 97.1 Å². The number of phenols is 1. The molecular formula is C29H46O2. The predicted molar refractivity (Wildman–Crippen MR) is 130 cm³/mol. The van der Waals surface area contributed by atoms with Crippen molar-refractivity contribution in [2.24, 2.45) is 40.9 Å². The van der Waals surface area contributed by atoms with Crippen molar-refractivity contribution in [3.63, 3.8) is 0 Å². The van der Waals surface area contributed by atoms with Crippen LogP contribution in [0.5, 0.6) is 5.75 Å². The number of Topliss-reactive ketones (excluding diaryl/α,β-unsaturated/α-hetero) is 1. The Kier molecular flexibility index (Phi) is 7.92. The van der Waals surface area contributed by atoms with Gasteiger partial charge in [-0.1, -0.05) is 53.5 Å². The summed E-state index contributed by atoms with van der Waals surface area (Å²) in [6, 6.07) is 5.64. The highest BCUT2D eigenvalue weighted by Gasteiger charge is 2.54. The van der Waals surface area contributed by atoms with Gasteiger partial charge in [-0.25, -0.2) is 0 Å². The van der Waals surface area contributed by atoms with Crippen molar-refractivity contribution < 1.29 is 9.90 Å². The first-order valence-corrected chi connectivity index (χ1v) is 13.0. The van der Waals surface area contributed by atoms with Gasteiger partial charge in [-0.3, -0.25) is 4.79 Å². The molecule has 1 aromatic carbocycles. The Balaban J connectivity index is 1.68. The van der Waals surface area contributed by atoms with E-state index in [2.05, 4.69) is 41.5 Å². The van der Waals surface area contributed by atoms with E-state index in [1.165, 1.54) is 43.2 Å². The molecule has 0 saturated heterocycles. The van der Waals surface area contributed by atoms with E-state index in [-0.39, 0.29) is 5.92 Å². The molecule has 0 spiro atoms. The Bertz CT molecular complexity index is 751. The molecule has 1 N–H and O–H groups in total. The van der Waals surface area contributed by atoms with Crippen LogP contribution in [0.25, 0.3) is 0 Å². The van der Waals surface area contributed by atoms with E-state index >= 15 is 0 Å². The monoisotopic (exact) mass is 426 g/mol. The summed E-state index contributed by atoms with van der Waals surface area (Å²) in [7, 11) is 0. The first-order chi connectivity index (χ1) is 14.7. The molecule has 1 aromatic rings. The van der Waals surface area contributed by atoms with E-state index < -0.39 is 0 Å². The summed E-state index contributed by atoms with van der Waals surface area (Å²) in [5, 5.41) is 9.89. The van der Waals surface area contributed by atoms with Crippen molar-refractivity contribution in [2.45, 2.75) is 99.3 Å². The summed E-state index contributed by atoms with van der Waals surface area (Å²) in [5.41, 5.74) is 2.74. The number of carbonyl (C=O) groups excluding carboxylic acids is 1. The standard InChI is InChI=1S/C29H46O2/c1-7-22(19(2)3)10-8-21(5)26-14-15-27-25(28(31)16-17-29(26,27)6)13-11-23-18-24(30)12-9-20(23)4/h9,12,18-19,21-22,25-27,30H,7-8,10-11,13-17H2,1-6H3. The summed E-state index contributed by atoms with van der Waals surface area (Å²) in [4.78, 5) is 13.0. The Morgan fingerprint density at radius 2 is 1.90 bits per heavy atom. The molecule has 2 saturated carbocycles. The van der Waals surface area contributed by atoms with Gasteiger partial charge >= 0.3 is 0 Å². The second-order valence-corrected chi connectivity index (χ2v) is 11.5. The van der Waals surface area contributed by atoms with E-state index in [1.807, 2.05) is 12.1 Å². The Labute approximate surface area is 191 Å². The predicted octanol–water partition coefficient (Wildman–Crippen LogP) is 7.74. The first-order valence-electron chi connectivity index (χ1n) is 13.0. The quantitative estimate of drug-likeness (QED) is 0.438. The lowest BCUT2D eigenvalue weighted by Crippen LogP contribution is -2.43. The molecule has 0 radical (unpaired) electrons. The van der Waals surface area contributed by atoms with Crippen LogP contribution in [0.2, 0.25) is 0 Å². The number of hydrogen-bond donors (Lipinski definition) is 1. The number of aryl methyl sites for hydroxylation is 2. The number of hydrogen-bond acceptors (Lipinski definition) is 2. The van der Waals surface area contributed by atoms with Gasteiger partial charge < -0.3 is 5.11 Å². The fourth-order valence-corrected chi connectivity index (χ4v) is 7.35. The number of rotatable bonds is 9. The van der Waals surface area contributed by atoms with E-state index in [0.717, 1.165) is 49.4 Å². The van der Waals surface area contributed by atoms with E-state index in [9.17, 15) is 9.90 Å². The maximum absolute atomic E-state index is 13.0. The number of carbonyl (C=O) groups is 1. The minimum atomic E-state index is 0.205. The SMILES string of the molecule is CCC(CCC(C)C1CCC2C(CCc3cc(O)ccc3C)C(=O)CCC12C)C(C)C. The number of ketones is 1. The molecule has 6 atom stereocenters. The van der Waals surface area contributed by atoms with E-state index in [4.69, 9.17) is 0 Å². The minimum Gasteiger partial charge on any atom is -0.508 e. The molecule has 2 aliphatic carbocycles. The smallest absolute Gasteiger partial charge is 0.136 e. The molecular weight excluding hydrogens is 380 g/mol. The zero-order valence-corrected chi connectivity index (χ0v) is 20.9. The topological polar surface area (TPSA) is 37.3 Å². The van der Waals surface area contributed by atoms with Crippen molar-refractivity contribution in [1.29, 1.82) is 0 Å². The van der Waals surface area contributed by atoms with Crippen LogP contribution in [-0.4, -0.2) is 10.9 Å². The summed E-state index contributed by atoms with van der Waals surface area (Å²) < 4.78 is 0. The molecule has 31 heavy (non-hydrogen) atoms. The van der Waals surface area contributed by atoms with Crippen molar-refractivity contribution in [3.05, 3.63) is 29.3 Å². The van der Waals surface area contributed by atoms with Gasteiger partial charge in [0.2, 0.25) is 0 Å². The van der Waals surface area contributed by atoms with Crippen molar-refractivity contribution in [3.8, 4) is 5.75 Å². The van der Waals surface area contributed by atoms with Crippen LogP contribution in [0.3, 0.4) is 0 Å². The van der Waals surface area contributed by atoms with Crippen LogP contribution in [0.4, 0.5) is 0 Å². The van der Waals surface area contributed by atoms with Gasteiger partial charge in [0.15, 0.2) is 0 Å². The molecule has 2 aliphatic rings. The molecule has 0 heterocycles. The summed E-state index contributed by atoms with van der Waals surface area (Å²) in [5.74, 6) is 4.73. The number of phenolic OH excluding ortho intramolecular Hbond substituents is 1. The zero-order valence-electron chi connectivity index (χ0n) is 20.9. The zero-order chi connectivity index (χ0) is 22.8. The van der Waals surface area contributed by atoms with Gasteiger partial charge in [0, 0.05) is 12.3 Å². The van der Waals surface area contributed by atoms with Gasteiger partial charge in [0.05, 0.1) is 0 Å². The third kappa shape index (κ3) is 5.20. The Morgan fingerprint density at radius 1 is 1.16 bits per heavy atom. The molecule has 3 rings (SSSR count). The lowest BCUT2D eigenvalue weighted by molar-refractivity contribution is -0.132. The molecule has 0 aromatic heterocycles. The largest absolute Gasteiger partial charge is 0.508 e. The summed E-state index contributed by atoms with van der Waals surface area (Å²) in [6.45, 7) is 14.2. The molecule has 0 aliphatic heterocycles. The normalized spacial score (nSPS) is 30.4. The Morgan fingerprint density at radius 3 is 2.58 bits per heavy atom. The van der Waals surface area contributed by atoms with Gasteiger partial charge in [0.25, 0.3) is 0 Å². The van der Waals surface area contributed by atoms with Crippen LogP contribution in [-0.2, 0) is 11.2 Å². The number of aromatic hydroxyl groups is 1. The van der Waals surface area contributed by atoms with Crippen LogP contribution >= 0.6 is 0 Å². The van der Waals surface area contributed by atoms with Crippen LogP contribution in [0, 0.1) is 47.8 Å². The highest BCUT2D eigenvalue weighted by atomic mass is 16.3. The second-order valence-electron chi connectivity index (χ2n) is 11.5. The molecule has 6 unspecified atom stereocenters. The van der Waals surface area contributed by atoms with E-state index in [1.54, 1.807) is 6.07 Å². The third-order valence-corrected chi connectivity index (χ3v) is 9.50. The number of benzene rings is 1. The van der Waals surface area contributed by atoms with Crippen LogP contribution < -0.4 is 0 Å². The fraction of sp³-hybridized carbons (Fsp3) is 0.759. The molecule has 2 heteroatoms. The van der Waals surface area contributed by atoms with Gasteiger partial charge in [-0.05, 0) is 104 Å². The maximum Gasteiger partial charge on any atom is 0.136 e. The number of fused-ring (bicyclic) bond motifs is 1. The fourth-order valence-electron chi connectivity index (χ4n) is 7.35. The lowest BCUT2D eigenvalue weighted by Gasteiger charge is -2.46. The molecule has 2 nitrogen and oxygen atoms in total. The van der Waals surface area contributed by atoms with Gasteiger partial charge in [-0.15, -0.1) is 0 Å². The van der Waals surface area contributed by atoms with Gasteiger partial charge in [0.1, 0.15) is 11.5 Å². The van der Waals surface area contributed by atoms with Crippen molar-refractivity contribution >= 4 is 5.78 Å². The van der Waals surface area contributed by atoms with E-state index in [0.29, 0.717) is 22.9 Å².